The molecule has 2 aliphatic heterocycles. The van der Waals surface area contributed by atoms with E-state index in [2.05, 4.69) is 4.74 Å². The summed E-state index contributed by atoms with van der Waals surface area (Å²) in [7, 11) is 1.69. The number of hydrogen-bond acceptors (Lipinski definition) is 4. The number of hydrogen-bond donors (Lipinski definition) is 0. The molecule has 2 unspecified atom stereocenters. The lowest BCUT2D eigenvalue weighted by atomic mass is 10.2. The first-order chi connectivity index (χ1) is 6.72. The highest BCUT2D eigenvalue weighted by atomic mass is 16.7. The van der Waals surface area contributed by atoms with Crippen LogP contribution in [-0.2, 0) is 19.0 Å². The average molecular weight is 202 g/mol. The minimum Gasteiger partial charge on any atom is -0.462 e. The van der Waals surface area contributed by atoms with Crippen LogP contribution in [0, 0.1) is 0 Å². The molecule has 0 spiro atoms. The molecule has 0 aromatic heterocycles. The molecule has 14 heavy (non-hydrogen) atoms. The normalized spacial score (nSPS) is 30.9. The van der Waals surface area contributed by atoms with E-state index in [0.717, 1.165) is 13.0 Å². The van der Waals surface area contributed by atoms with E-state index in [1.807, 2.05) is 6.92 Å². The SMILES string of the molecule is CC1CC(=O)O1.COC1CCCCO1. The van der Waals surface area contributed by atoms with Gasteiger partial charge in [-0.25, -0.2) is 0 Å². The van der Waals surface area contributed by atoms with Gasteiger partial charge in [0.05, 0.1) is 6.42 Å². The lowest BCUT2D eigenvalue weighted by molar-refractivity contribution is -0.167. The molecule has 2 fully saturated rings. The van der Waals surface area contributed by atoms with Gasteiger partial charge in [0.15, 0.2) is 6.29 Å². The van der Waals surface area contributed by atoms with Crippen LogP contribution in [-0.4, -0.2) is 32.1 Å². The van der Waals surface area contributed by atoms with Gasteiger partial charge in [-0.1, -0.05) is 0 Å². The van der Waals surface area contributed by atoms with Crippen molar-refractivity contribution in [2.24, 2.45) is 0 Å². The molecule has 2 saturated heterocycles. The Kier molecular flexibility index (Phi) is 4.90. The zero-order valence-corrected chi connectivity index (χ0v) is 8.82. The van der Waals surface area contributed by atoms with Gasteiger partial charge in [-0.2, -0.15) is 0 Å². The number of methoxy groups -OCH3 is 1. The predicted octanol–water partition coefficient (Wildman–Crippen LogP) is 1.48. The number of rotatable bonds is 1. The van der Waals surface area contributed by atoms with Crippen molar-refractivity contribution < 1.29 is 19.0 Å². The molecule has 4 heteroatoms. The number of carbonyl (C=O) groups excluding carboxylic acids is 1. The zero-order chi connectivity index (χ0) is 10.4. The third-order valence-electron chi connectivity index (χ3n) is 2.19. The maximum Gasteiger partial charge on any atom is 0.309 e. The predicted molar refractivity (Wildman–Crippen MR) is 50.8 cm³/mol. The molecule has 0 bridgehead atoms. The van der Waals surface area contributed by atoms with Crippen molar-refractivity contribution >= 4 is 5.97 Å². The van der Waals surface area contributed by atoms with Gasteiger partial charge >= 0.3 is 5.97 Å². The van der Waals surface area contributed by atoms with Crippen molar-refractivity contribution in [2.75, 3.05) is 13.7 Å². The second-order valence-electron chi connectivity index (χ2n) is 3.54. The van der Waals surface area contributed by atoms with Crippen LogP contribution in [0.1, 0.15) is 32.6 Å². The molecule has 0 saturated carbocycles. The van der Waals surface area contributed by atoms with Crippen LogP contribution < -0.4 is 0 Å². The Bertz CT molecular complexity index is 167. The van der Waals surface area contributed by atoms with Crippen LogP contribution in [0.25, 0.3) is 0 Å². The molecule has 0 amide bonds. The monoisotopic (exact) mass is 202 g/mol. The van der Waals surface area contributed by atoms with Gasteiger partial charge in [-0.3, -0.25) is 4.79 Å². The van der Waals surface area contributed by atoms with Crippen molar-refractivity contribution in [1.82, 2.24) is 0 Å². The summed E-state index contributed by atoms with van der Waals surface area (Å²) < 4.78 is 14.7. The smallest absolute Gasteiger partial charge is 0.309 e. The Morgan fingerprint density at radius 2 is 2.14 bits per heavy atom. The Hall–Kier alpha value is -0.610. The van der Waals surface area contributed by atoms with Gasteiger partial charge in [0.1, 0.15) is 6.10 Å². The fourth-order valence-corrected chi connectivity index (χ4v) is 1.35. The van der Waals surface area contributed by atoms with Crippen LogP contribution in [0.3, 0.4) is 0 Å². The number of ether oxygens (including phenoxy) is 3. The van der Waals surface area contributed by atoms with Crippen molar-refractivity contribution in [1.29, 1.82) is 0 Å². The van der Waals surface area contributed by atoms with Crippen molar-refractivity contribution in [3.05, 3.63) is 0 Å². The van der Waals surface area contributed by atoms with E-state index in [1.165, 1.54) is 12.8 Å². The molecular formula is C10H18O4. The molecule has 2 rings (SSSR count). The molecule has 0 aliphatic carbocycles. The van der Waals surface area contributed by atoms with Gasteiger partial charge in [0.25, 0.3) is 0 Å². The summed E-state index contributed by atoms with van der Waals surface area (Å²) in [5.41, 5.74) is 0. The highest BCUT2D eigenvalue weighted by molar-refractivity contribution is 5.74. The maximum absolute atomic E-state index is 9.89. The third kappa shape index (κ3) is 4.07. The van der Waals surface area contributed by atoms with Gasteiger partial charge in [0, 0.05) is 13.7 Å². The highest BCUT2D eigenvalue weighted by Crippen LogP contribution is 2.12. The van der Waals surface area contributed by atoms with Crippen LogP contribution in [0.2, 0.25) is 0 Å². The van der Waals surface area contributed by atoms with Gasteiger partial charge in [-0.05, 0) is 26.2 Å². The van der Waals surface area contributed by atoms with Crippen molar-refractivity contribution in [3.8, 4) is 0 Å². The quantitative estimate of drug-likeness (QED) is 0.604. The molecule has 2 atom stereocenters. The largest absolute Gasteiger partial charge is 0.462 e. The molecule has 2 aliphatic rings. The Morgan fingerprint density at radius 1 is 1.43 bits per heavy atom. The van der Waals surface area contributed by atoms with E-state index < -0.39 is 0 Å². The number of carbonyl (C=O) groups is 1. The Balaban J connectivity index is 0.000000146. The van der Waals surface area contributed by atoms with Crippen molar-refractivity contribution in [3.63, 3.8) is 0 Å². The van der Waals surface area contributed by atoms with E-state index in [9.17, 15) is 4.79 Å². The lowest BCUT2D eigenvalue weighted by Crippen LogP contribution is -2.29. The summed E-state index contributed by atoms with van der Waals surface area (Å²) in [5, 5.41) is 0. The second kappa shape index (κ2) is 5.98. The first kappa shape index (κ1) is 11.5. The third-order valence-corrected chi connectivity index (χ3v) is 2.19. The Morgan fingerprint density at radius 3 is 2.36 bits per heavy atom. The standard InChI is InChI=1S/C6H12O2.C4H6O2/c1-7-6-4-2-3-5-8-6;1-3-2-4(5)6-3/h6H,2-5H2,1H3;3H,2H2,1H3. The summed E-state index contributed by atoms with van der Waals surface area (Å²) in [4.78, 5) is 9.89. The van der Waals surface area contributed by atoms with Gasteiger partial charge in [0.2, 0.25) is 0 Å². The lowest BCUT2D eigenvalue weighted by Gasteiger charge is -2.20. The Labute approximate surface area is 84.5 Å². The van der Waals surface area contributed by atoms with Crippen LogP contribution in [0.15, 0.2) is 0 Å². The summed E-state index contributed by atoms with van der Waals surface area (Å²) in [6.45, 7) is 2.75. The second-order valence-corrected chi connectivity index (χ2v) is 3.54. The van der Waals surface area contributed by atoms with E-state index >= 15 is 0 Å². The van der Waals surface area contributed by atoms with E-state index in [-0.39, 0.29) is 18.4 Å². The summed E-state index contributed by atoms with van der Waals surface area (Å²) in [6.07, 6.45) is 4.40. The topological polar surface area (TPSA) is 44.8 Å². The minimum atomic E-state index is -0.0671. The molecule has 4 nitrogen and oxygen atoms in total. The molecule has 0 aromatic rings. The molecule has 0 N–H and O–H groups in total. The summed E-state index contributed by atoms with van der Waals surface area (Å²) in [5.74, 6) is -0.0671. The van der Waals surface area contributed by atoms with E-state index in [4.69, 9.17) is 9.47 Å². The summed E-state index contributed by atoms with van der Waals surface area (Å²) >= 11 is 0. The zero-order valence-electron chi connectivity index (χ0n) is 8.82. The molecule has 0 aromatic carbocycles. The molecule has 2 heterocycles. The van der Waals surface area contributed by atoms with Crippen LogP contribution >= 0.6 is 0 Å². The average Bonchev–Trinajstić information content (AvgIpc) is 2.18. The fraction of sp³-hybridized carbons (Fsp3) is 0.900. The van der Waals surface area contributed by atoms with Crippen molar-refractivity contribution in [2.45, 2.75) is 45.0 Å². The first-order valence-electron chi connectivity index (χ1n) is 5.06. The van der Waals surface area contributed by atoms with E-state index in [1.54, 1.807) is 7.11 Å². The molecule has 0 radical (unpaired) electrons. The highest BCUT2D eigenvalue weighted by Gasteiger charge is 2.22. The number of cyclic esters (lactones) is 1. The maximum atomic E-state index is 9.89. The van der Waals surface area contributed by atoms with Gasteiger partial charge in [-0.15, -0.1) is 0 Å². The van der Waals surface area contributed by atoms with Gasteiger partial charge < -0.3 is 14.2 Å². The van der Waals surface area contributed by atoms with Crippen LogP contribution in [0.4, 0.5) is 0 Å². The van der Waals surface area contributed by atoms with Crippen LogP contribution in [0.5, 0.6) is 0 Å². The minimum absolute atomic E-state index is 0.0671. The molecule has 82 valence electrons. The summed E-state index contributed by atoms with van der Waals surface area (Å²) in [6, 6.07) is 0. The van der Waals surface area contributed by atoms with E-state index in [0.29, 0.717) is 6.42 Å². The molecular weight excluding hydrogens is 184 g/mol. The fourth-order valence-electron chi connectivity index (χ4n) is 1.35. The number of esters is 1. The first-order valence-corrected chi connectivity index (χ1v) is 5.06.